The Morgan fingerprint density at radius 2 is 2.07 bits per heavy atom. The Hall–Kier alpha value is -2.66. The molecular weight excluding hydrogens is 362 g/mol. The van der Waals surface area contributed by atoms with Crippen molar-refractivity contribution in [1.29, 1.82) is 0 Å². The first-order chi connectivity index (χ1) is 14.1. The monoisotopic (exact) mass is 389 g/mol. The Morgan fingerprint density at radius 1 is 1.17 bits per heavy atom. The number of rotatable bonds is 3. The molecule has 0 N–H and O–H groups in total. The van der Waals surface area contributed by atoms with Crippen LogP contribution in [0.1, 0.15) is 40.1 Å². The molecule has 2 atom stereocenters. The average Bonchev–Trinajstić information content (AvgIpc) is 2.85. The molecule has 2 unspecified atom stereocenters. The lowest BCUT2D eigenvalue weighted by Crippen LogP contribution is -2.47. The zero-order chi connectivity index (χ0) is 20.0. The number of hydrogen-bond acceptors (Lipinski definition) is 4. The molecule has 2 bridgehead atoms. The number of carbonyl (C=O) groups excluding carboxylic acids is 1. The second-order valence-corrected chi connectivity index (χ2v) is 8.67. The van der Waals surface area contributed by atoms with Crippen LogP contribution in [0.25, 0.3) is 11.0 Å². The summed E-state index contributed by atoms with van der Waals surface area (Å²) in [7, 11) is 0. The number of nitrogens with zero attached hydrogens (tertiary/aromatic N) is 3. The minimum absolute atomic E-state index is 0.0503. The molecule has 0 spiro atoms. The number of aryl methyl sites for hydroxylation is 2. The van der Waals surface area contributed by atoms with E-state index < -0.39 is 0 Å². The Bertz CT molecular complexity index is 1040. The van der Waals surface area contributed by atoms with Gasteiger partial charge in [0.15, 0.2) is 5.76 Å². The van der Waals surface area contributed by atoms with Crippen molar-refractivity contribution < 1.29 is 9.21 Å². The van der Waals surface area contributed by atoms with Gasteiger partial charge in [0.1, 0.15) is 5.58 Å². The molecule has 5 heterocycles. The van der Waals surface area contributed by atoms with Crippen molar-refractivity contribution >= 4 is 16.9 Å². The number of hydrogen-bond donors (Lipinski definition) is 0. The van der Waals surface area contributed by atoms with E-state index in [0.717, 1.165) is 54.7 Å². The summed E-state index contributed by atoms with van der Waals surface area (Å²) < 4.78 is 6.05. The van der Waals surface area contributed by atoms with E-state index in [4.69, 9.17) is 4.42 Å². The van der Waals surface area contributed by atoms with Crippen LogP contribution in [0.5, 0.6) is 0 Å². The van der Waals surface area contributed by atoms with E-state index in [2.05, 4.69) is 33.0 Å². The number of benzene rings is 1. The largest absolute Gasteiger partial charge is 0.451 e. The summed E-state index contributed by atoms with van der Waals surface area (Å²) in [6.07, 6.45) is 6.01. The minimum atomic E-state index is 0.0503. The van der Waals surface area contributed by atoms with Gasteiger partial charge in [-0.25, -0.2) is 0 Å². The van der Waals surface area contributed by atoms with Gasteiger partial charge in [-0.1, -0.05) is 18.2 Å². The second kappa shape index (κ2) is 7.30. The van der Waals surface area contributed by atoms with Crippen molar-refractivity contribution in [2.45, 2.75) is 39.3 Å². The summed E-state index contributed by atoms with van der Waals surface area (Å²) in [5, 5.41) is 1.04. The van der Waals surface area contributed by atoms with Crippen LogP contribution in [-0.4, -0.2) is 46.4 Å². The summed E-state index contributed by atoms with van der Waals surface area (Å²) in [5.74, 6) is 1.08. The Balaban J connectivity index is 1.39. The standard InChI is InChI=1S/C24H27N3O2/c1-16-5-8-21-17(2)23(29-22(21)10-16)24(28)27-14-19-6-7-20(27)15-26(13-19)12-18-4-3-9-25-11-18/h3-5,8-11,19-20H,6-7,12-15H2,1-2H3. The first-order valence-corrected chi connectivity index (χ1v) is 10.5. The fourth-order valence-electron chi connectivity index (χ4n) is 4.97. The topological polar surface area (TPSA) is 49.6 Å². The van der Waals surface area contributed by atoms with Gasteiger partial charge < -0.3 is 9.32 Å². The lowest BCUT2D eigenvalue weighted by Gasteiger charge is -2.35. The molecule has 3 aliphatic heterocycles. The van der Waals surface area contributed by atoms with Crippen LogP contribution in [0.3, 0.4) is 0 Å². The number of aromatic nitrogens is 1. The fraction of sp³-hybridized carbons (Fsp3) is 0.417. The van der Waals surface area contributed by atoms with Crippen LogP contribution in [0.4, 0.5) is 0 Å². The highest BCUT2D eigenvalue weighted by atomic mass is 16.3. The van der Waals surface area contributed by atoms with Crippen molar-refractivity contribution in [3.63, 3.8) is 0 Å². The molecule has 29 heavy (non-hydrogen) atoms. The Labute approximate surface area is 171 Å². The summed E-state index contributed by atoms with van der Waals surface area (Å²) in [5.41, 5.74) is 4.14. The number of pyridine rings is 1. The van der Waals surface area contributed by atoms with E-state index in [-0.39, 0.29) is 11.9 Å². The lowest BCUT2D eigenvalue weighted by atomic mass is 9.94. The predicted octanol–water partition coefficient (Wildman–Crippen LogP) is 4.18. The first-order valence-electron chi connectivity index (χ1n) is 10.5. The van der Waals surface area contributed by atoms with Gasteiger partial charge in [0.2, 0.25) is 0 Å². The van der Waals surface area contributed by atoms with E-state index in [1.165, 1.54) is 12.0 Å². The molecule has 5 nitrogen and oxygen atoms in total. The van der Waals surface area contributed by atoms with Crippen LogP contribution < -0.4 is 0 Å². The SMILES string of the molecule is Cc1ccc2c(C)c(C(=O)N3CC4CCC3CN(Cc3cccnc3)C4)oc2c1. The first kappa shape index (κ1) is 18.4. The third-order valence-corrected chi connectivity index (χ3v) is 6.47. The van der Waals surface area contributed by atoms with Crippen molar-refractivity contribution in [3.05, 3.63) is 65.2 Å². The maximum absolute atomic E-state index is 13.5. The smallest absolute Gasteiger partial charge is 0.290 e. The molecule has 0 aliphatic carbocycles. The molecule has 150 valence electrons. The summed E-state index contributed by atoms with van der Waals surface area (Å²) in [4.78, 5) is 22.3. The Kier molecular flexibility index (Phi) is 4.63. The van der Waals surface area contributed by atoms with E-state index in [1.54, 1.807) is 0 Å². The van der Waals surface area contributed by atoms with E-state index in [0.29, 0.717) is 11.7 Å². The van der Waals surface area contributed by atoms with Gasteiger partial charge in [0, 0.05) is 55.6 Å². The van der Waals surface area contributed by atoms with Gasteiger partial charge in [-0.3, -0.25) is 14.7 Å². The van der Waals surface area contributed by atoms with Gasteiger partial charge in [0.05, 0.1) is 0 Å². The molecule has 1 aromatic carbocycles. The molecule has 0 saturated carbocycles. The van der Waals surface area contributed by atoms with Gasteiger partial charge in [0.25, 0.3) is 5.91 Å². The maximum Gasteiger partial charge on any atom is 0.290 e. The number of furan rings is 1. The summed E-state index contributed by atoms with van der Waals surface area (Å²) in [6, 6.07) is 10.5. The third kappa shape index (κ3) is 3.44. The molecule has 6 rings (SSSR count). The van der Waals surface area contributed by atoms with Crippen LogP contribution >= 0.6 is 0 Å². The molecular formula is C24H27N3O2. The molecule has 5 heteroatoms. The van der Waals surface area contributed by atoms with Crippen LogP contribution in [0.15, 0.2) is 47.1 Å². The molecule has 3 fully saturated rings. The van der Waals surface area contributed by atoms with Gasteiger partial charge in [-0.05, 0) is 55.9 Å². The number of piperidine rings is 1. The van der Waals surface area contributed by atoms with E-state index >= 15 is 0 Å². The highest BCUT2D eigenvalue weighted by Gasteiger charge is 2.38. The zero-order valence-corrected chi connectivity index (χ0v) is 17.1. The highest BCUT2D eigenvalue weighted by Crippen LogP contribution is 2.33. The molecule has 3 aliphatic rings. The van der Waals surface area contributed by atoms with Crippen molar-refractivity contribution in [1.82, 2.24) is 14.8 Å². The lowest BCUT2D eigenvalue weighted by molar-refractivity contribution is 0.0554. The maximum atomic E-state index is 13.5. The molecule has 1 amide bonds. The molecule has 0 radical (unpaired) electrons. The van der Waals surface area contributed by atoms with Crippen LogP contribution in [0.2, 0.25) is 0 Å². The van der Waals surface area contributed by atoms with Crippen molar-refractivity contribution in [2.75, 3.05) is 19.6 Å². The van der Waals surface area contributed by atoms with Gasteiger partial charge in [-0.2, -0.15) is 0 Å². The number of carbonyl (C=O) groups is 1. The predicted molar refractivity (Wildman–Crippen MR) is 113 cm³/mol. The van der Waals surface area contributed by atoms with Crippen LogP contribution in [0, 0.1) is 19.8 Å². The van der Waals surface area contributed by atoms with Crippen LogP contribution in [-0.2, 0) is 6.54 Å². The average molecular weight is 389 g/mol. The van der Waals surface area contributed by atoms with Crippen molar-refractivity contribution in [2.24, 2.45) is 5.92 Å². The van der Waals surface area contributed by atoms with E-state index in [1.807, 2.05) is 38.4 Å². The second-order valence-electron chi connectivity index (χ2n) is 8.67. The third-order valence-electron chi connectivity index (χ3n) is 6.47. The normalized spacial score (nSPS) is 22.2. The molecule has 2 aromatic heterocycles. The molecule has 3 aromatic rings. The Morgan fingerprint density at radius 3 is 2.90 bits per heavy atom. The fourth-order valence-corrected chi connectivity index (χ4v) is 4.97. The van der Waals surface area contributed by atoms with Crippen molar-refractivity contribution in [3.8, 4) is 0 Å². The van der Waals surface area contributed by atoms with Gasteiger partial charge in [-0.15, -0.1) is 0 Å². The highest BCUT2D eigenvalue weighted by molar-refractivity contribution is 5.99. The molecule has 3 saturated heterocycles. The van der Waals surface area contributed by atoms with E-state index in [9.17, 15) is 4.79 Å². The number of amides is 1. The number of fused-ring (bicyclic) bond motifs is 5. The summed E-state index contributed by atoms with van der Waals surface area (Å²) in [6.45, 7) is 7.71. The van der Waals surface area contributed by atoms with Gasteiger partial charge >= 0.3 is 0 Å². The zero-order valence-electron chi connectivity index (χ0n) is 17.1. The summed E-state index contributed by atoms with van der Waals surface area (Å²) >= 11 is 0. The quantitative estimate of drug-likeness (QED) is 0.674. The minimum Gasteiger partial charge on any atom is -0.451 e.